The van der Waals surface area contributed by atoms with Crippen LogP contribution in [0.1, 0.15) is 36.8 Å². The molecular formula is C13H20N2. The van der Waals surface area contributed by atoms with Gasteiger partial charge in [-0.1, -0.05) is 37.1 Å². The highest BCUT2D eigenvalue weighted by atomic mass is 14.9. The first-order chi connectivity index (χ1) is 7.40. The summed E-state index contributed by atoms with van der Waals surface area (Å²) < 4.78 is 0. The van der Waals surface area contributed by atoms with Gasteiger partial charge in [-0.3, -0.25) is 0 Å². The minimum absolute atomic E-state index is 0.641. The van der Waals surface area contributed by atoms with E-state index in [1.54, 1.807) is 0 Å². The number of nitrogens with one attached hydrogen (secondary N) is 1. The van der Waals surface area contributed by atoms with E-state index in [0.717, 1.165) is 12.6 Å². The Hall–Kier alpha value is -0.860. The van der Waals surface area contributed by atoms with Crippen molar-refractivity contribution < 1.29 is 0 Å². The molecule has 0 spiro atoms. The molecule has 0 aliphatic heterocycles. The first kappa shape index (κ1) is 10.7. The summed E-state index contributed by atoms with van der Waals surface area (Å²) in [6.45, 7) is 1.61. The Kier molecular flexibility index (Phi) is 3.75. The fraction of sp³-hybridized carbons (Fsp3) is 0.538. The topological polar surface area (TPSA) is 38.0 Å². The first-order valence-corrected chi connectivity index (χ1v) is 5.90. The second-order valence-electron chi connectivity index (χ2n) is 4.34. The molecular weight excluding hydrogens is 184 g/mol. The summed E-state index contributed by atoms with van der Waals surface area (Å²) in [4.78, 5) is 0. The zero-order valence-corrected chi connectivity index (χ0v) is 9.21. The minimum atomic E-state index is 0.641. The molecule has 1 aromatic carbocycles. The fourth-order valence-corrected chi connectivity index (χ4v) is 2.31. The smallest absolute Gasteiger partial charge is 0.0211 e. The fourth-order valence-electron chi connectivity index (χ4n) is 2.31. The Morgan fingerprint density at radius 2 is 1.80 bits per heavy atom. The number of hydrogen-bond donors (Lipinski definition) is 2. The summed E-state index contributed by atoms with van der Waals surface area (Å²) >= 11 is 0. The van der Waals surface area contributed by atoms with Crippen LogP contribution in [0.25, 0.3) is 0 Å². The molecule has 0 bridgehead atoms. The zero-order chi connectivity index (χ0) is 10.5. The maximum absolute atomic E-state index is 5.71. The molecule has 1 aliphatic carbocycles. The maximum Gasteiger partial charge on any atom is 0.0211 e. The van der Waals surface area contributed by atoms with E-state index in [9.17, 15) is 0 Å². The van der Waals surface area contributed by atoms with Crippen LogP contribution in [-0.4, -0.2) is 6.04 Å². The zero-order valence-electron chi connectivity index (χ0n) is 9.21. The molecule has 2 rings (SSSR count). The predicted molar refractivity (Wildman–Crippen MR) is 63.4 cm³/mol. The molecule has 15 heavy (non-hydrogen) atoms. The first-order valence-electron chi connectivity index (χ1n) is 5.90. The molecule has 3 N–H and O–H groups in total. The van der Waals surface area contributed by atoms with Gasteiger partial charge in [0.25, 0.3) is 0 Å². The van der Waals surface area contributed by atoms with Crippen molar-refractivity contribution in [1.29, 1.82) is 0 Å². The predicted octanol–water partition coefficient (Wildman–Crippen LogP) is 2.18. The number of rotatable bonds is 4. The normalized spacial score (nSPS) is 17.1. The van der Waals surface area contributed by atoms with Crippen molar-refractivity contribution in [3.8, 4) is 0 Å². The van der Waals surface area contributed by atoms with Gasteiger partial charge in [-0.05, 0) is 24.0 Å². The summed E-state index contributed by atoms with van der Waals surface area (Å²) in [6.07, 6.45) is 5.45. The van der Waals surface area contributed by atoms with Gasteiger partial charge in [0.1, 0.15) is 0 Å². The van der Waals surface area contributed by atoms with Crippen molar-refractivity contribution in [3.05, 3.63) is 35.4 Å². The van der Waals surface area contributed by atoms with Gasteiger partial charge in [-0.2, -0.15) is 0 Å². The molecule has 0 amide bonds. The SMILES string of the molecule is NCc1ccccc1CNC1CCCC1. The van der Waals surface area contributed by atoms with Crippen LogP contribution >= 0.6 is 0 Å². The number of hydrogen-bond acceptors (Lipinski definition) is 2. The van der Waals surface area contributed by atoms with Crippen molar-refractivity contribution in [1.82, 2.24) is 5.32 Å². The number of nitrogens with two attached hydrogens (primary N) is 1. The summed E-state index contributed by atoms with van der Waals surface area (Å²) in [7, 11) is 0. The van der Waals surface area contributed by atoms with Crippen LogP contribution < -0.4 is 11.1 Å². The van der Waals surface area contributed by atoms with Crippen molar-refractivity contribution >= 4 is 0 Å². The van der Waals surface area contributed by atoms with Gasteiger partial charge >= 0.3 is 0 Å². The van der Waals surface area contributed by atoms with Crippen LogP contribution in [0, 0.1) is 0 Å². The van der Waals surface area contributed by atoms with E-state index in [-0.39, 0.29) is 0 Å². The molecule has 1 fully saturated rings. The number of benzene rings is 1. The largest absolute Gasteiger partial charge is 0.326 e. The van der Waals surface area contributed by atoms with Crippen LogP contribution in [0.15, 0.2) is 24.3 Å². The van der Waals surface area contributed by atoms with E-state index in [1.807, 2.05) is 0 Å². The molecule has 2 heteroatoms. The third-order valence-corrected chi connectivity index (χ3v) is 3.27. The van der Waals surface area contributed by atoms with Crippen LogP contribution in [0.5, 0.6) is 0 Å². The standard InChI is InChI=1S/C13H20N2/c14-9-11-5-1-2-6-12(11)10-15-13-7-3-4-8-13/h1-2,5-6,13,15H,3-4,7-10,14H2. The van der Waals surface area contributed by atoms with E-state index >= 15 is 0 Å². The van der Waals surface area contributed by atoms with Gasteiger partial charge in [0.05, 0.1) is 0 Å². The summed E-state index contributed by atoms with van der Waals surface area (Å²) in [5, 5.41) is 3.62. The van der Waals surface area contributed by atoms with Crippen molar-refractivity contribution in [2.45, 2.75) is 44.8 Å². The maximum atomic E-state index is 5.71. The van der Waals surface area contributed by atoms with Crippen LogP contribution in [0.3, 0.4) is 0 Å². The minimum Gasteiger partial charge on any atom is -0.326 e. The van der Waals surface area contributed by atoms with E-state index in [4.69, 9.17) is 5.73 Å². The Labute approximate surface area is 91.9 Å². The second-order valence-corrected chi connectivity index (χ2v) is 4.34. The van der Waals surface area contributed by atoms with Gasteiger partial charge in [0.2, 0.25) is 0 Å². The van der Waals surface area contributed by atoms with E-state index in [0.29, 0.717) is 6.54 Å². The lowest BCUT2D eigenvalue weighted by atomic mass is 10.1. The van der Waals surface area contributed by atoms with Crippen molar-refractivity contribution in [3.63, 3.8) is 0 Å². The van der Waals surface area contributed by atoms with Gasteiger partial charge in [0, 0.05) is 19.1 Å². The van der Waals surface area contributed by atoms with E-state index in [2.05, 4.69) is 29.6 Å². The quantitative estimate of drug-likeness (QED) is 0.789. The second kappa shape index (κ2) is 5.29. The van der Waals surface area contributed by atoms with Crippen LogP contribution in [0.2, 0.25) is 0 Å². The summed E-state index contributed by atoms with van der Waals surface area (Å²) in [5.41, 5.74) is 8.33. The molecule has 0 atom stereocenters. The lowest BCUT2D eigenvalue weighted by molar-refractivity contribution is 0.523. The van der Waals surface area contributed by atoms with Crippen molar-refractivity contribution in [2.24, 2.45) is 5.73 Å². The molecule has 0 saturated heterocycles. The van der Waals surface area contributed by atoms with Crippen LogP contribution in [0.4, 0.5) is 0 Å². The molecule has 0 unspecified atom stereocenters. The lowest BCUT2D eigenvalue weighted by Gasteiger charge is -2.13. The Balaban J connectivity index is 1.91. The van der Waals surface area contributed by atoms with Gasteiger partial charge in [0.15, 0.2) is 0 Å². The summed E-state index contributed by atoms with van der Waals surface area (Å²) in [5.74, 6) is 0. The summed E-state index contributed by atoms with van der Waals surface area (Å²) in [6, 6.07) is 9.16. The van der Waals surface area contributed by atoms with E-state index < -0.39 is 0 Å². The Morgan fingerprint density at radius 1 is 1.13 bits per heavy atom. The molecule has 1 aliphatic rings. The highest BCUT2D eigenvalue weighted by Crippen LogP contribution is 2.18. The molecule has 1 saturated carbocycles. The average Bonchev–Trinajstić information content (AvgIpc) is 2.79. The van der Waals surface area contributed by atoms with E-state index in [1.165, 1.54) is 36.8 Å². The highest BCUT2D eigenvalue weighted by molar-refractivity contribution is 5.26. The third kappa shape index (κ3) is 2.80. The van der Waals surface area contributed by atoms with Crippen LogP contribution in [-0.2, 0) is 13.1 Å². The molecule has 0 heterocycles. The Morgan fingerprint density at radius 3 is 2.47 bits per heavy atom. The van der Waals surface area contributed by atoms with Gasteiger partial charge in [-0.15, -0.1) is 0 Å². The molecule has 0 aromatic heterocycles. The molecule has 0 radical (unpaired) electrons. The Bertz CT molecular complexity index is 303. The average molecular weight is 204 g/mol. The third-order valence-electron chi connectivity index (χ3n) is 3.27. The highest BCUT2D eigenvalue weighted by Gasteiger charge is 2.14. The molecule has 82 valence electrons. The van der Waals surface area contributed by atoms with Gasteiger partial charge in [-0.25, -0.2) is 0 Å². The molecule has 1 aromatic rings. The lowest BCUT2D eigenvalue weighted by Crippen LogP contribution is -2.26. The monoisotopic (exact) mass is 204 g/mol. The molecule has 2 nitrogen and oxygen atoms in total. The van der Waals surface area contributed by atoms with Gasteiger partial charge < -0.3 is 11.1 Å². The van der Waals surface area contributed by atoms with Crippen molar-refractivity contribution in [2.75, 3.05) is 0 Å².